The molecule has 0 spiro atoms. The summed E-state index contributed by atoms with van der Waals surface area (Å²) in [5.41, 5.74) is 6.36. The summed E-state index contributed by atoms with van der Waals surface area (Å²) in [6.45, 7) is 1.16. The van der Waals surface area contributed by atoms with E-state index in [1.165, 1.54) is 33.3 Å². The summed E-state index contributed by atoms with van der Waals surface area (Å²) >= 11 is 0. The fourth-order valence-corrected chi connectivity index (χ4v) is 6.08. The molecule has 0 radical (unpaired) electrons. The molecule has 1 aromatic heterocycles. The van der Waals surface area contributed by atoms with Gasteiger partial charge in [0.1, 0.15) is 11.5 Å². The van der Waals surface area contributed by atoms with Crippen LogP contribution < -0.4 is 52.2 Å². The molecule has 2 aliphatic rings. The summed E-state index contributed by atoms with van der Waals surface area (Å²) in [6, 6.07) is 26.8. The average Bonchev–Trinajstić information content (AvgIpc) is 3.47. The van der Waals surface area contributed by atoms with Crippen molar-refractivity contribution in [2.24, 2.45) is 0 Å². The molecule has 3 heterocycles. The van der Waals surface area contributed by atoms with Crippen molar-refractivity contribution in [3.8, 4) is 45.8 Å². The van der Waals surface area contributed by atoms with Gasteiger partial charge in [-0.3, -0.25) is 0 Å². The van der Waals surface area contributed by atoms with E-state index in [9.17, 15) is 0 Å². The summed E-state index contributed by atoms with van der Waals surface area (Å²) in [5, 5.41) is 2.25. The van der Waals surface area contributed by atoms with Gasteiger partial charge in [0.2, 0.25) is 12.5 Å². The predicted molar refractivity (Wildman–Crippen MR) is 157 cm³/mol. The number of hydrogen-bond acceptors (Lipinski definition) is 5. The van der Waals surface area contributed by atoms with Crippen molar-refractivity contribution in [2.45, 2.75) is 32.2 Å². The highest BCUT2D eigenvalue weighted by molar-refractivity contribution is 5.95. The van der Waals surface area contributed by atoms with Crippen molar-refractivity contribution < 1.29 is 52.2 Å². The van der Waals surface area contributed by atoms with Crippen molar-refractivity contribution in [2.75, 3.05) is 21.0 Å². The Morgan fingerprint density at radius 2 is 1.55 bits per heavy atom. The van der Waals surface area contributed by atoms with E-state index in [-0.39, 0.29) is 30.8 Å². The molecule has 0 fully saturated rings. The van der Waals surface area contributed by atoms with Gasteiger partial charge in [-0.1, -0.05) is 30.3 Å². The van der Waals surface area contributed by atoms with Gasteiger partial charge in [0.05, 0.1) is 25.2 Å². The third kappa shape index (κ3) is 5.22. The van der Waals surface area contributed by atoms with Gasteiger partial charge in [0.15, 0.2) is 35.7 Å². The minimum absolute atomic E-state index is 0. The monoisotopic (exact) mass is 673 g/mol. The molecule has 6 nitrogen and oxygen atoms in total. The van der Waals surface area contributed by atoms with Gasteiger partial charge in [-0.25, -0.2) is 0 Å². The van der Waals surface area contributed by atoms with E-state index >= 15 is 0 Å². The second-order valence-electron chi connectivity index (χ2n) is 10.4. The number of methoxy groups -OCH3 is 2. The Morgan fingerprint density at radius 3 is 2.31 bits per heavy atom. The van der Waals surface area contributed by atoms with Crippen LogP contribution in [0.3, 0.4) is 0 Å². The third-order valence-electron chi connectivity index (χ3n) is 8.04. The summed E-state index contributed by atoms with van der Waals surface area (Å²) in [7, 11) is 3.40. The van der Waals surface area contributed by atoms with Gasteiger partial charge in [-0.15, -0.1) is 0 Å². The van der Waals surface area contributed by atoms with Gasteiger partial charge in [-0.05, 0) is 78.9 Å². The van der Waals surface area contributed by atoms with Crippen molar-refractivity contribution in [1.29, 1.82) is 0 Å². The van der Waals surface area contributed by atoms with Gasteiger partial charge in [0.25, 0.3) is 0 Å². The molecule has 0 aliphatic carbocycles. The number of aromatic nitrogens is 1. The molecule has 214 valence electrons. The minimum atomic E-state index is 0. The van der Waals surface area contributed by atoms with E-state index in [0.29, 0.717) is 0 Å². The zero-order valence-corrected chi connectivity index (χ0v) is 25.8. The zero-order valence-electron chi connectivity index (χ0n) is 23.7. The number of fused-ring (bicyclic) bond motifs is 5. The highest BCUT2D eigenvalue weighted by Crippen LogP contribution is 2.44. The standard InChI is InChI=1S/C35H32NO5.HI/c1-37-31-16-15-27-28(10-6-7-23-11-13-26(14-12-23)41-25-8-4-3-5-9-25)34-29-20-33-32(39-22-40-33)19-24(29)17-18-36(34)21-30(27)35(31)38-2;/h3-5,8-9,11-16,19-21H,6-7,10,17-18,22H2,1-2H3;1H/q+1;/p-1. The Balaban J connectivity index is 0.00000316. The number of aryl methyl sites for hydroxylation is 4. The number of ether oxygens (including phenoxy) is 5. The van der Waals surface area contributed by atoms with Crippen LogP contribution in [-0.2, 0) is 25.8 Å². The van der Waals surface area contributed by atoms with E-state index in [1.54, 1.807) is 14.2 Å². The number of pyridine rings is 1. The van der Waals surface area contributed by atoms with Crippen LogP contribution in [0, 0.1) is 0 Å². The molecule has 0 bridgehead atoms. The lowest BCUT2D eigenvalue weighted by Gasteiger charge is -2.21. The molecule has 5 aromatic rings. The molecule has 7 rings (SSSR count). The van der Waals surface area contributed by atoms with Crippen LogP contribution in [0.15, 0.2) is 85.1 Å². The lowest BCUT2D eigenvalue weighted by molar-refractivity contribution is -0.686. The number of benzene rings is 4. The molecule has 0 saturated heterocycles. The zero-order chi connectivity index (χ0) is 27.8. The van der Waals surface area contributed by atoms with Crippen LogP contribution in [0.5, 0.6) is 34.5 Å². The van der Waals surface area contributed by atoms with Crippen LogP contribution in [0.1, 0.15) is 23.1 Å². The van der Waals surface area contributed by atoms with Gasteiger partial charge in [0, 0.05) is 17.4 Å². The largest absolute Gasteiger partial charge is 1.00 e. The van der Waals surface area contributed by atoms with E-state index in [2.05, 4.69) is 41.1 Å². The quantitative estimate of drug-likeness (QED) is 0.184. The molecular formula is C35H32INO5. The minimum Gasteiger partial charge on any atom is -1.00 e. The molecule has 0 atom stereocenters. The molecule has 4 aromatic carbocycles. The fraction of sp³-hybridized carbons (Fsp3) is 0.229. The number of para-hydroxylation sites is 1. The van der Waals surface area contributed by atoms with E-state index in [0.717, 1.165) is 72.1 Å². The molecule has 0 N–H and O–H groups in total. The maximum Gasteiger partial charge on any atom is 0.231 e. The van der Waals surface area contributed by atoms with Gasteiger partial charge in [-0.2, -0.15) is 4.57 Å². The Bertz CT molecular complexity index is 1740. The van der Waals surface area contributed by atoms with Gasteiger partial charge >= 0.3 is 0 Å². The summed E-state index contributed by atoms with van der Waals surface area (Å²) in [6.07, 6.45) is 6.02. The van der Waals surface area contributed by atoms with Crippen molar-refractivity contribution in [3.05, 3.63) is 102 Å². The van der Waals surface area contributed by atoms with Crippen LogP contribution in [0.4, 0.5) is 0 Å². The molecule has 42 heavy (non-hydrogen) atoms. The Kier molecular flexibility index (Phi) is 8.11. The lowest BCUT2D eigenvalue weighted by atomic mass is 9.89. The smallest absolute Gasteiger partial charge is 0.231 e. The van der Waals surface area contributed by atoms with Crippen molar-refractivity contribution >= 4 is 10.8 Å². The maximum absolute atomic E-state index is 5.98. The third-order valence-corrected chi connectivity index (χ3v) is 8.04. The van der Waals surface area contributed by atoms with Crippen LogP contribution in [0.25, 0.3) is 22.0 Å². The fourth-order valence-electron chi connectivity index (χ4n) is 6.08. The van der Waals surface area contributed by atoms with Gasteiger partial charge < -0.3 is 47.7 Å². The Morgan fingerprint density at radius 1 is 0.786 bits per heavy atom. The maximum atomic E-state index is 5.98. The first-order valence-electron chi connectivity index (χ1n) is 14.1. The number of hydrogen-bond donors (Lipinski definition) is 0. The summed E-state index contributed by atoms with van der Waals surface area (Å²) in [4.78, 5) is 0. The highest BCUT2D eigenvalue weighted by Gasteiger charge is 2.32. The van der Waals surface area contributed by atoms with E-state index in [4.69, 9.17) is 23.7 Å². The first-order valence-corrected chi connectivity index (χ1v) is 14.1. The molecule has 0 amide bonds. The van der Waals surface area contributed by atoms with Crippen LogP contribution >= 0.6 is 0 Å². The van der Waals surface area contributed by atoms with Crippen molar-refractivity contribution in [3.63, 3.8) is 0 Å². The van der Waals surface area contributed by atoms with E-state index in [1.807, 2.05) is 48.5 Å². The number of halogens is 1. The SMILES string of the molecule is COc1ccc2c(CCCc3ccc(Oc4ccccc4)cc3)c3[n+](cc2c1OC)CCc1cc2c(cc1-3)OCO2.[I-]. The lowest BCUT2D eigenvalue weighted by Crippen LogP contribution is -3.00. The first kappa shape index (κ1) is 28.2. The van der Waals surface area contributed by atoms with E-state index < -0.39 is 0 Å². The average molecular weight is 674 g/mol. The molecule has 2 aliphatic heterocycles. The van der Waals surface area contributed by atoms with Crippen LogP contribution in [0.2, 0.25) is 0 Å². The normalized spacial score (nSPS) is 12.7. The van der Waals surface area contributed by atoms with Crippen LogP contribution in [-0.4, -0.2) is 21.0 Å². The first-order chi connectivity index (χ1) is 20.2. The molecular weight excluding hydrogens is 641 g/mol. The Labute approximate surface area is 262 Å². The highest BCUT2D eigenvalue weighted by atomic mass is 127. The van der Waals surface area contributed by atoms with Crippen molar-refractivity contribution in [1.82, 2.24) is 0 Å². The molecule has 0 unspecified atom stereocenters. The second kappa shape index (κ2) is 12.1. The number of nitrogens with zero attached hydrogens (tertiary/aromatic N) is 1. The molecule has 7 heteroatoms. The summed E-state index contributed by atoms with van der Waals surface area (Å²) < 4.78 is 31.3. The number of rotatable bonds is 8. The Hall–Kier alpha value is -3.98. The second-order valence-corrected chi connectivity index (χ2v) is 10.4. The predicted octanol–water partition coefficient (Wildman–Crippen LogP) is 4.07. The topological polar surface area (TPSA) is 50.0 Å². The molecule has 0 saturated carbocycles. The summed E-state index contributed by atoms with van der Waals surface area (Å²) in [5.74, 6) is 4.85.